The second kappa shape index (κ2) is 9.36. The third-order valence-electron chi connectivity index (χ3n) is 3.03. The van der Waals surface area contributed by atoms with Crippen molar-refractivity contribution >= 4 is 17.9 Å². The molecule has 1 fully saturated rings. The van der Waals surface area contributed by atoms with E-state index in [0.29, 0.717) is 0 Å². The molecule has 9 heteroatoms. The van der Waals surface area contributed by atoms with Crippen LogP contribution in [0.5, 0.6) is 0 Å². The summed E-state index contributed by atoms with van der Waals surface area (Å²) in [7, 11) is 0. The lowest BCUT2D eigenvalue weighted by Crippen LogP contribution is -2.62. The number of rotatable bonds is 7. The molecule has 0 spiro atoms. The molecule has 0 unspecified atom stereocenters. The smallest absolute Gasteiger partial charge is 0.303 e. The highest BCUT2D eigenvalue weighted by Crippen LogP contribution is 2.28. The number of hydrogen-bond donors (Lipinski definition) is 1. The molecule has 0 radical (unpaired) electrons. The van der Waals surface area contributed by atoms with E-state index in [1.807, 2.05) is 0 Å². The van der Waals surface area contributed by atoms with Gasteiger partial charge in [-0.25, -0.2) is 0 Å². The topological polar surface area (TPSA) is 118 Å². The molecular weight excluding hydrogens is 324 g/mol. The van der Waals surface area contributed by atoms with Crippen molar-refractivity contribution in [2.45, 2.75) is 51.5 Å². The number of aliphatic hydroxyl groups is 1. The van der Waals surface area contributed by atoms with Crippen LogP contribution >= 0.6 is 0 Å². The second-order valence-electron chi connectivity index (χ2n) is 5.11. The minimum Gasteiger partial charge on any atom is -0.456 e. The summed E-state index contributed by atoms with van der Waals surface area (Å²) in [5, 5.41) is 10.1. The van der Waals surface area contributed by atoms with Gasteiger partial charge in [0, 0.05) is 20.8 Å². The van der Waals surface area contributed by atoms with Crippen molar-refractivity contribution in [3.63, 3.8) is 0 Å². The van der Waals surface area contributed by atoms with Gasteiger partial charge in [0.1, 0.15) is 6.10 Å². The Labute approximate surface area is 139 Å². The molecule has 1 aliphatic heterocycles. The van der Waals surface area contributed by atoms with Crippen LogP contribution in [0.2, 0.25) is 0 Å². The van der Waals surface area contributed by atoms with Gasteiger partial charge in [-0.15, -0.1) is 6.58 Å². The minimum atomic E-state index is -1.58. The zero-order valence-corrected chi connectivity index (χ0v) is 13.8. The third-order valence-corrected chi connectivity index (χ3v) is 3.03. The molecule has 9 nitrogen and oxygen atoms in total. The fraction of sp³-hybridized carbons (Fsp3) is 0.667. The zero-order chi connectivity index (χ0) is 18.3. The lowest BCUT2D eigenvalue weighted by atomic mass is 9.98. The van der Waals surface area contributed by atoms with Gasteiger partial charge in [0.15, 0.2) is 24.6 Å². The summed E-state index contributed by atoms with van der Waals surface area (Å²) >= 11 is 0. The van der Waals surface area contributed by atoms with Crippen LogP contribution in [-0.2, 0) is 38.1 Å². The van der Waals surface area contributed by atoms with E-state index >= 15 is 0 Å². The highest BCUT2D eigenvalue weighted by Gasteiger charge is 2.51. The van der Waals surface area contributed by atoms with Crippen LogP contribution in [0.4, 0.5) is 0 Å². The summed E-state index contributed by atoms with van der Waals surface area (Å²) in [5.74, 6) is -2.08. The lowest BCUT2D eigenvalue weighted by molar-refractivity contribution is -0.296. The molecule has 5 atom stereocenters. The summed E-state index contributed by atoms with van der Waals surface area (Å²) in [5.41, 5.74) is 0. The van der Waals surface area contributed by atoms with Crippen LogP contribution in [0.3, 0.4) is 0 Å². The Morgan fingerprint density at radius 2 is 1.50 bits per heavy atom. The van der Waals surface area contributed by atoms with Gasteiger partial charge in [-0.3, -0.25) is 14.4 Å². The maximum absolute atomic E-state index is 11.4. The Hall–Kier alpha value is -1.97. The van der Waals surface area contributed by atoms with E-state index < -0.39 is 48.6 Å². The standard InChI is InChI=1S/C15H22O9/c1-5-6-20-7-11-12(21-8(2)16)13(22-9(3)17)14(15(19)24-11)23-10(4)18/h5,11-15,19H,1,6-7H2,2-4H3/t11-,12-,13+,14-,15-/m1/s1. The highest BCUT2D eigenvalue weighted by molar-refractivity contribution is 5.68. The van der Waals surface area contributed by atoms with Crippen LogP contribution in [0.25, 0.3) is 0 Å². The summed E-state index contributed by atoms with van der Waals surface area (Å²) < 4.78 is 25.8. The summed E-state index contributed by atoms with van der Waals surface area (Å²) in [6.45, 7) is 7.06. The predicted octanol–water partition coefficient (Wildman–Crippen LogP) is -0.299. The zero-order valence-electron chi connectivity index (χ0n) is 13.8. The van der Waals surface area contributed by atoms with E-state index in [2.05, 4.69) is 6.58 Å². The summed E-state index contributed by atoms with van der Waals surface area (Å²) in [4.78, 5) is 34.0. The van der Waals surface area contributed by atoms with Crippen LogP contribution in [0.15, 0.2) is 12.7 Å². The number of ether oxygens (including phenoxy) is 5. The predicted molar refractivity (Wildman–Crippen MR) is 78.6 cm³/mol. The molecule has 0 aromatic rings. The van der Waals surface area contributed by atoms with E-state index in [4.69, 9.17) is 23.7 Å². The second-order valence-corrected chi connectivity index (χ2v) is 5.11. The van der Waals surface area contributed by atoms with Gasteiger partial charge >= 0.3 is 17.9 Å². The molecule has 0 aromatic heterocycles. The number of hydrogen-bond acceptors (Lipinski definition) is 9. The molecule has 1 N–H and O–H groups in total. The molecule has 0 aliphatic carbocycles. The van der Waals surface area contributed by atoms with Gasteiger partial charge in [0.05, 0.1) is 13.2 Å². The van der Waals surface area contributed by atoms with Gasteiger partial charge in [-0.1, -0.05) is 6.08 Å². The third kappa shape index (κ3) is 5.91. The number of carbonyl (C=O) groups excluding carboxylic acids is 3. The number of esters is 3. The van der Waals surface area contributed by atoms with E-state index in [1.54, 1.807) is 0 Å². The fourth-order valence-corrected chi connectivity index (χ4v) is 2.27. The normalized spacial score (nSPS) is 29.4. The molecular formula is C15H22O9. The van der Waals surface area contributed by atoms with Crippen molar-refractivity contribution in [1.29, 1.82) is 0 Å². The lowest BCUT2D eigenvalue weighted by Gasteiger charge is -2.42. The van der Waals surface area contributed by atoms with Crippen LogP contribution in [0.1, 0.15) is 20.8 Å². The highest BCUT2D eigenvalue weighted by atomic mass is 16.7. The molecule has 136 valence electrons. The Morgan fingerprint density at radius 1 is 1.00 bits per heavy atom. The molecule has 1 aliphatic rings. The van der Waals surface area contributed by atoms with Gasteiger partial charge in [-0.2, -0.15) is 0 Å². The van der Waals surface area contributed by atoms with Crippen molar-refractivity contribution in [3.05, 3.63) is 12.7 Å². The molecule has 1 rings (SSSR count). The van der Waals surface area contributed by atoms with Crippen molar-refractivity contribution in [1.82, 2.24) is 0 Å². The SMILES string of the molecule is C=CCOC[C@H]1O[C@@H](O)[C@H](OC(C)=O)[C@@H](OC(C)=O)[C@@H]1OC(C)=O. The molecule has 0 amide bonds. The number of aliphatic hydroxyl groups excluding tert-OH is 1. The first-order valence-electron chi connectivity index (χ1n) is 7.30. The molecule has 0 bridgehead atoms. The van der Waals surface area contributed by atoms with Crippen molar-refractivity contribution in [3.8, 4) is 0 Å². The van der Waals surface area contributed by atoms with Gasteiger partial charge < -0.3 is 28.8 Å². The molecule has 1 saturated heterocycles. The van der Waals surface area contributed by atoms with E-state index in [-0.39, 0.29) is 13.2 Å². The van der Waals surface area contributed by atoms with Crippen molar-refractivity contribution in [2.75, 3.05) is 13.2 Å². The summed E-state index contributed by atoms with van der Waals surface area (Å²) in [6, 6.07) is 0. The first kappa shape index (κ1) is 20.1. The average molecular weight is 346 g/mol. The van der Waals surface area contributed by atoms with Gasteiger partial charge in [0.25, 0.3) is 0 Å². The Bertz CT molecular complexity index is 476. The first-order chi connectivity index (χ1) is 11.3. The van der Waals surface area contributed by atoms with Crippen LogP contribution in [0, 0.1) is 0 Å². The van der Waals surface area contributed by atoms with E-state index in [0.717, 1.165) is 13.8 Å². The van der Waals surface area contributed by atoms with Gasteiger partial charge in [-0.05, 0) is 0 Å². The Kier molecular flexibility index (Phi) is 7.83. The molecule has 0 saturated carbocycles. The molecule has 24 heavy (non-hydrogen) atoms. The maximum Gasteiger partial charge on any atom is 0.303 e. The summed E-state index contributed by atoms with van der Waals surface area (Å²) in [6.07, 6.45) is -4.71. The maximum atomic E-state index is 11.4. The van der Waals surface area contributed by atoms with Crippen LogP contribution < -0.4 is 0 Å². The minimum absolute atomic E-state index is 0.0639. The first-order valence-corrected chi connectivity index (χ1v) is 7.30. The van der Waals surface area contributed by atoms with Crippen LogP contribution in [-0.4, -0.2) is 66.9 Å². The molecule has 0 aromatic carbocycles. The largest absolute Gasteiger partial charge is 0.456 e. The Balaban J connectivity index is 3.06. The van der Waals surface area contributed by atoms with E-state index in [9.17, 15) is 19.5 Å². The van der Waals surface area contributed by atoms with Gasteiger partial charge in [0.2, 0.25) is 0 Å². The van der Waals surface area contributed by atoms with Crippen molar-refractivity contribution in [2.24, 2.45) is 0 Å². The van der Waals surface area contributed by atoms with E-state index in [1.165, 1.54) is 13.0 Å². The monoisotopic (exact) mass is 346 g/mol. The fourth-order valence-electron chi connectivity index (χ4n) is 2.27. The molecule has 1 heterocycles. The Morgan fingerprint density at radius 3 is 2.00 bits per heavy atom. The quantitative estimate of drug-likeness (QED) is 0.287. The average Bonchev–Trinajstić information content (AvgIpc) is 2.45. The number of carbonyl (C=O) groups is 3. The van der Waals surface area contributed by atoms with Crippen molar-refractivity contribution < 1.29 is 43.2 Å².